The van der Waals surface area contributed by atoms with Crippen LogP contribution in [0.4, 0.5) is 0 Å². The molecule has 34 rings (SSSR count). The van der Waals surface area contributed by atoms with Crippen LogP contribution in [0, 0.1) is 0 Å². The molecule has 0 fully saturated rings. The van der Waals surface area contributed by atoms with Crippen LogP contribution >= 0.6 is 0 Å². The standard InChI is InChI=1S/C47H26N4O.2C42H23N5O/c1-2-11-29-23-30(18-17-27(29)9-1)44-43(48-39-22-20-28-10-3-4-12-32(28)45(39)50-44)31-19-21-36-37(24-31)33-13-5-6-15-35(33)46-47(36)51-26-41-38(25-42(51)49-46)34-14-7-8-16-40(34)52-41;1-2-10-26-24(9-1)17-19-34-39(26)46-38(41(44-34)33-14-7-8-20-43-33)25-16-18-30-31(21-25)27-11-3-4-13-29(27)40-42(30)47-23-36-32(22-37(47)45-40)28-12-5-6-15-35(28)48-36;1-2-10-26-24(9-1)17-19-34-39(26)46-41(33-14-7-8-20-43-33)38(44-34)25-16-18-30-31(21-25)27-11-3-4-13-29(27)40-42(30)47-23-36-32(22-37(47)45-40)28-12-5-6-15-35(28)48-36/h1-26H;2*1-23H. The SMILES string of the molecule is c1ccc(-c2nc3c(ccc4ccccc43)nc2-c2ccc3c(c2)c2ccccc2c2nc4cc5c(cn4c32)oc2ccccc25)nc1.c1ccc(-c2nc3ccc4ccccc4c3nc2-c2ccc3c(c2)c2ccccc2c2nc4cc5c(cn4c32)oc2ccccc25)nc1.c1ccc2cc(-c3nc4c(ccc5ccccc54)nc3-c3ccc4c(c3)c3ccccc3c3nc5cc6c(cn5c43)oc3ccccc36)ccc2c1. The first-order valence-electron chi connectivity index (χ1n) is 49.5. The molecule has 0 bridgehead atoms. The highest BCUT2D eigenvalue weighted by Crippen LogP contribution is 2.48. The molecular weight excluding hydrogens is 1820 g/mol. The van der Waals surface area contributed by atoms with Gasteiger partial charge in [0.25, 0.3) is 0 Å². The molecule has 34 aromatic rings. The molecule has 14 aromatic heterocycles. The van der Waals surface area contributed by atoms with Crippen molar-refractivity contribution in [3.63, 3.8) is 0 Å². The van der Waals surface area contributed by atoms with E-state index in [4.69, 9.17) is 68.1 Å². The predicted molar refractivity (Wildman–Crippen MR) is 602 cm³/mol. The Morgan fingerprint density at radius 3 is 0.831 bits per heavy atom. The van der Waals surface area contributed by atoms with Crippen LogP contribution < -0.4 is 0 Å². The lowest BCUT2D eigenvalue weighted by molar-refractivity contribution is 0.666. The molecule has 0 spiro atoms. The van der Waals surface area contributed by atoms with E-state index in [0.717, 1.165) is 314 Å². The van der Waals surface area contributed by atoms with Crippen molar-refractivity contribution in [3.05, 3.63) is 437 Å². The summed E-state index contributed by atoms with van der Waals surface area (Å²) in [6.45, 7) is 0. The normalized spacial score (nSPS) is 12.2. The molecule has 0 aliphatic heterocycles. The van der Waals surface area contributed by atoms with E-state index in [1.807, 2.05) is 97.2 Å². The summed E-state index contributed by atoms with van der Waals surface area (Å²) < 4.78 is 25.5. The van der Waals surface area contributed by atoms with Gasteiger partial charge in [-0.05, 0) is 162 Å². The van der Waals surface area contributed by atoms with E-state index in [0.29, 0.717) is 0 Å². The maximum atomic E-state index is 6.34. The van der Waals surface area contributed by atoms with Crippen molar-refractivity contribution < 1.29 is 13.3 Å². The van der Waals surface area contributed by atoms with Gasteiger partial charge in [0, 0.05) is 115 Å². The van der Waals surface area contributed by atoms with Gasteiger partial charge in [0.05, 0.1) is 119 Å². The molecule has 0 unspecified atom stereocenters. The van der Waals surface area contributed by atoms with Crippen molar-refractivity contribution in [3.8, 4) is 67.8 Å². The lowest BCUT2D eigenvalue weighted by Crippen LogP contribution is -1.98. The van der Waals surface area contributed by atoms with Crippen LogP contribution in [-0.4, -0.2) is 68.0 Å². The molecule has 17 nitrogen and oxygen atoms in total. The lowest BCUT2D eigenvalue weighted by Gasteiger charge is -2.14. The van der Waals surface area contributed by atoms with E-state index in [9.17, 15) is 0 Å². The highest BCUT2D eigenvalue weighted by Gasteiger charge is 2.28. The molecule has 0 saturated carbocycles. The van der Waals surface area contributed by atoms with Crippen molar-refractivity contribution in [2.45, 2.75) is 0 Å². The summed E-state index contributed by atoms with van der Waals surface area (Å²) in [4.78, 5) is 57.1. The van der Waals surface area contributed by atoms with E-state index in [1.165, 1.54) is 10.8 Å². The van der Waals surface area contributed by atoms with Crippen molar-refractivity contribution in [1.29, 1.82) is 0 Å². The third-order valence-electron chi connectivity index (χ3n) is 29.9. The first kappa shape index (κ1) is 81.3. The van der Waals surface area contributed by atoms with E-state index < -0.39 is 0 Å². The van der Waals surface area contributed by atoms with Gasteiger partial charge in [-0.25, -0.2) is 44.9 Å². The summed E-state index contributed by atoms with van der Waals surface area (Å²) in [5.74, 6) is 0. The van der Waals surface area contributed by atoms with Crippen LogP contribution in [0.3, 0.4) is 0 Å². The lowest BCUT2D eigenvalue weighted by atomic mass is 9.95. The molecule has 684 valence electrons. The Morgan fingerprint density at radius 2 is 0.446 bits per heavy atom. The summed E-state index contributed by atoms with van der Waals surface area (Å²) in [5, 5.41) is 28.9. The van der Waals surface area contributed by atoms with Gasteiger partial charge < -0.3 is 13.3 Å². The number of pyridine rings is 5. The summed E-state index contributed by atoms with van der Waals surface area (Å²) in [6, 6.07) is 141. The largest absolute Gasteiger partial charge is 0.455 e. The first-order chi connectivity index (χ1) is 73.3. The van der Waals surface area contributed by atoms with Crippen LogP contribution in [0.5, 0.6) is 0 Å². The van der Waals surface area contributed by atoms with Crippen LogP contribution in [0.1, 0.15) is 0 Å². The fraction of sp³-hybridized carbons (Fsp3) is 0. The molecule has 14 heterocycles. The van der Waals surface area contributed by atoms with Crippen molar-refractivity contribution >= 4 is 257 Å². The smallest absolute Gasteiger partial charge is 0.152 e. The number of hydrogen-bond acceptors (Lipinski definition) is 14. The van der Waals surface area contributed by atoms with Gasteiger partial charge in [-0.3, -0.25) is 23.2 Å². The zero-order valence-corrected chi connectivity index (χ0v) is 78.6. The zero-order chi connectivity index (χ0) is 96.6. The second-order valence-corrected chi connectivity index (χ2v) is 38.2. The molecule has 0 atom stereocenters. The van der Waals surface area contributed by atoms with Crippen molar-refractivity contribution in [2.75, 3.05) is 0 Å². The molecule has 0 radical (unpaired) electrons. The number of aromatic nitrogens is 14. The monoisotopic (exact) mass is 1890 g/mol. The molecule has 148 heavy (non-hydrogen) atoms. The average molecular weight is 1890 g/mol. The van der Waals surface area contributed by atoms with E-state index in [2.05, 4.69) is 347 Å². The average Bonchev–Trinajstić information content (AvgIpc) is 1.53. The fourth-order valence-corrected chi connectivity index (χ4v) is 23.1. The van der Waals surface area contributed by atoms with Crippen LogP contribution in [-0.2, 0) is 0 Å². The van der Waals surface area contributed by atoms with Gasteiger partial charge in [0.15, 0.2) is 16.7 Å². The number of furan rings is 3. The number of benzene rings is 20. The molecule has 20 aromatic carbocycles. The summed E-state index contributed by atoms with van der Waals surface area (Å²) in [6.07, 6.45) is 9.88. The maximum Gasteiger partial charge on any atom is 0.152 e. The Bertz CT molecular complexity index is 11800. The number of para-hydroxylation sites is 3. The molecule has 0 aliphatic rings. The van der Waals surface area contributed by atoms with E-state index in [-0.39, 0.29) is 0 Å². The number of fused-ring (bicyclic) bond motifs is 43. The Kier molecular flexibility index (Phi) is 17.3. The minimum absolute atomic E-state index is 0.755. The van der Waals surface area contributed by atoms with Gasteiger partial charge in [0.2, 0.25) is 0 Å². The minimum Gasteiger partial charge on any atom is -0.455 e. The minimum atomic E-state index is 0.755. The number of nitrogens with zero attached hydrogens (tertiary/aromatic N) is 14. The molecule has 0 saturated heterocycles. The number of imidazole rings is 3. The van der Waals surface area contributed by atoms with Gasteiger partial charge in [-0.15, -0.1) is 0 Å². The topological polar surface area (TPSA) is 194 Å². The summed E-state index contributed by atoms with van der Waals surface area (Å²) >= 11 is 0. The molecular formula is C131H72N14O3. The van der Waals surface area contributed by atoms with Crippen molar-refractivity contribution in [2.24, 2.45) is 0 Å². The Morgan fingerprint density at radius 1 is 0.162 bits per heavy atom. The predicted octanol–water partition coefficient (Wildman–Crippen LogP) is 33.3. The number of hydrogen-bond donors (Lipinski definition) is 0. The molecule has 0 N–H and O–H groups in total. The van der Waals surface area contributed by atoms with Crippen LogP contribution in [0.2, 0.25) is 0 Å². The Hall–Kier alpha value is -20.4. The highest BCUT2D eigenvalue weighted by atomic mass is 16.3. The van der Waals surface area contributed by atoms with Gasteiger partial charge in [-0.1, -0.05) is 303 Å². The Balaban J connectivity index is 0.0000000985. The zero-order valence-electron chi connectivity index (χ0n) is 78.6. The Labute approximate surface area is 837 Å². The second-order valence-electron chi connectivity index (χ2n) is 38.2. The third-order valence-corrected chi connectivity index (χ3v) is 29.9. The third kappa shape index (κ3) is 12.4. The maximum absolute atomic E-state index is 6.34. The van der Waals surface area contributed by atoms with Crippen molar-refractivity contribution in [1.82, 2.24) is 68.0 Å². The van der Waals surface area contributed by atoms with Gasteiger partial charge >= 0.3 is 0 Å². The molecule has 0 aliphatic carbocycles. The second kappa shape index (κ2) is 31.5. The first-order valence-corrected chi connectivity index (χ1v) is 49.5. The quantitative estimate of drug-likeness (QED) is 0.143. The summed E-state index contributed by atoms with van der Waals surface area (Å²) in [7, 11) is 0. The van der Waals surface area contributed by atoms with E-state index in [1.54, 1.807) is 6.20 Å². The van der Waals surface area contributed by atoms with E-state index >= 15 is 0 Å². The van der Waals surface area contributed by atoms with Crippen LogP contribution in [0.15, 0.2) is 451 Å². The van der Waals surface area contributed by atoms with Gasteiger partial charge in [0.1, 0.15) is 45.1 Å². The molecule has 17 heteroatoms. The fourth-order valence-electron chi connectivity index (χ4n) is 23.1. The molecule has 0 amide bonds. The highest BCUT2D eigenvalue weighted by molar-refractivity contribution is 6.29. The van der Waals surface area contributed by atoms with Gasteiger partial charge in [-0.2, -0.15) is 0 Å². The summed E-state index contributed by atoms with van der Waals surface area (Å²) in [5.41, 5.74) is 29.4. The number of rotatable bonds is 6. The van der Waals surface area contributed by atoms with Crippen LogP contribution in [0.25, 0.3) is 324 Å².